The average Bonchev–Trinajstić information content (AvgIpc) is 3.05. The Balaban J connectivity index is 1.63. The molecule has 1 aliphatic rings. The lowest BCUT2D eigenvalue weighted by Gasteiger charge is -2.17. The van der Waals surface area contributed by atoms with Crippen molar-refractivity contribution in [3.63, 3.8) is 0 Å². The number of carbonyl (C=O) groups is 1. The third-order valence-corrected chi connectivity index (χ3v) is 4.62. The number of likely N-dealkylation sites (tertiary alicyclic amines) is 1. The number of amides is 1. The van der Waals surface area contributed by atoms with Crippen LogP contribution in [-0.2, 0) is 6.54 Å². The van der Waals surface area contributed by atoms with Crippen molar-refractivity contribution < 1.29 is 9.90 Å². The maximum absolute atomic E-state index is 12.4. The highest BCUT2D eigenvalue weighted by Gasteiger charge is 2.25. The fourth-order valence-corrected chi connectivity index (χ4v) is 3.19. The summed E-state index contributed by atoms with van der Waals surface area (Å²) in [5.74, 6) is 0.265. The Kier molecular flexibility index (Phi) is 5.28. The molecule has 3 rings (SSSR count). The van der Waals surface area contributed by atoms with Gasteiger partial charge in [0.25, 0.3) is 5.91 Å². The van der Waals surface area contributed by atoms with Gasteiger partial charge in [-0.1, -0.05) is 30.3 Å². The summed E-state index contributed by atoms with van der Waals surface area (Å²) in [7, 11) is 0. The molecule has 1 saturated heterocycles. The first-order valence-electron chi connectivity index (χ1n) is 8.47. The van der Waals surface area contributed by atoms with Crippen molar-refractivity contribution in [2.45, 2.75) is 26.0 Å². The first kappa shape index (κ1) is 16.7. The monoisotopic (exact) mass is 324 g/mol. The summed E-state index contributed by atoms with van der Waals surface area (Å²) in [5, 5.41) is 12.6. The predicted molar refractivity (Wildman–Crippen MR) is 95.9 cm³/mol. The summed E-state index contributed by atoms with van der Waals surface area (Å²) in [4.78, 5) is 14.7. The molecule has 2 aromatic carbocycles. The molecule has 126 valence electrons. The molecular weight excluding hydrogens is 300 g/mol. The van der Waals surface area contributed by atoms with Crippen molar-refractivity contribution in [1.82, 2.24) is 4.90 Å². The number of carbonyl (C=O) groups excluding carboxylic acids is 1. The summed E-state index contributed by atoms with van der Waals surface area (Å²) in [5.41, 5.74) is 2.59. The van der Waals surface area contributed by atoms with Gasteiger partial charge in [-0.3, -0.25) is 9.69 Å². The van der Waals surface area contributed by atoms with Gasteiger partial charge in [0.1, 0.15) is 0 Å². The van der Waals surface area contributed by atoms with Crippen LogP contribution in [0.5, 0.6) is 0 Å². The van der Waals surface area contributed by atoms with Crippen LogP contribution in [-0.4, -0.2) is 35.1 Å². The SMILES string of the molecule is CC(O)C1CCN(Cc2cccc(C(=O)Nc3ccccc3)c2)C1. The van der Waals surface area contributed by atoms with E-state index in [1.54, 1.807) is 0 Å². The van der Waals surface area contributed by atoms with Gasteiger partial charge in [0, 0.05) is 24.3 Å². The molecule has 2 aromatic rings. The molecule has 2 N–H and O–H groups in total. The number of rotatable bonds is 5. The van der Waals surface area contributed by atoms with Crippen LogP contribution in [0.4, 0.5) is 5.69 Å². The van der Waals surface area contributed by atoms with E-state index in [0.717, 1.165) is 37.3 Å². The molecule has 0 radical (unpaired) electrons. The molecule has 2 unspecified atom stereocenters. The molecule has 4 nitrogen and oxygen atoms in total. The van der Waals surface area contributed by atoms with Crippen LogP contribution in [0.1, 0.15) is 29.3 Å². The fourth-order valence-electron chi connectivity index (χ4n) is 3.19. The number of aliphatic hydroxyl groups excluding tert-OH is 1. The summed E-state index contributed by atoms with van der Waals surface area (Å²) >= 11 is 0. The van der Waals surface area contributed by atoms with E-state index in [0.29, 0.717) is 11.5 Å². The largest absolute Gasteiger partial charge is 0.393 e. The molecule has 4 heteroatoms. The average molecular weight is 324 g/mol. The molecule has 1 heterocycles. The smallest absolute Gasteiger partial charge is 0.255 e. The van der Waals surface area contributed by atoms with Crippen LogP contribution in [0, 0.1) is 5.92 Å². The molecule has 1 amide bonds. The maximum Gasteiger partial charge on any atom is 0.255 e. The highest BCUT2D eigenvalue weighted by molar-refractivity contribution is 6.04. The third kappa shape index (κ3) is 4.22. The standard InChI is InChI=1S/C20H24N2O2/c1-15(23)18-10-11-22(14-18)13-16-6-5-7-17(12-16)20(24)21-19-8-3-2-4-9-19/h2-9,12,15,18,23H,10-11,13-14H2,1H3,(H,21,24). The Morgan fingerprint density at radius 3 is 2.75 bits per heavy atom. The van der Waals surface area contributed by atoms with Gasteiger partial charge in [-0.25, -0.2) is 0 Å². The summed E-state index contributed by atoms with van der Waals surface area (Å²) in [6.45, 7) is 4.59. The van der Waals surface area contributed by atoms with Crippen LogP contribution in [0.15, 0.2) is 54.6 Å². The molecule has 2 atom stereocenters. The van der Waals surface area contributed by atoms with E-state index in [1.807, 2.05) is 55.5 Å². The minimum atomic E-state index is -0.252. The molecule has 0 bridgehead atoms. The quantitative estimate of drug-likeness (QED) is 0.888. The molecule has 24 heavy (non-hydrogen) atoms. The summed E-state index contributed by atoms with van der Waals surface area (Å²) < 4.78 is 0. The number of benzene rings is 2. The first-order valence-corrected chi connectivity index (χ1v) is 8.47. The highest BCUT2D eigenvalue weighted by atomic mass is 16.3. The minimum absolute atomic E-state index is 0.0914. The zero-order chi connectivity index (χ0) is 16.9. The van der Waals surface area contributed by atoms with Gasteiger partial charge in [0.15, 0.2) is 0 Å². The van der Waals surface area contributed by atoms with E-state index in [-0.39, 0.29) is 12.0 Å². The normalized spacial score (nSPS) is 19.2. The molecule has 0 saturated carbocycles. The molecule has 1 aliphatic heterocycles. The number of aliphatic hydroxyl groups is 1. The second-order valence-corrected chi connectivity index (χ2v) is 6.55. The van der Waals surface area contributed by atoms with Crippen molar-refractivity contribution in [2.75, 3.05) is 18.4 Å². The minimum Gasteiger partial charge on any atom is -0.393 e. The Labute approximate surface area is 143 Å². The molecule has 0 spiro atoms. The van der Waals surface area contributed by atoms with Crippen molar-refractivity contribution in [3.8, 4) is 0 Å². The van der Waals surface area contributed by atoms with Crippen molar-refractivity contribution in [1.29, 1.82) is 0 Å². The zero-order valence-electron chi connectivity index (χ0n) is 14.0. The van der Waals surface area contributed by atoms with Gasteiger partial charge in [-0.15, -0.1) is 0 Å². The molecule has 0 aliphatic carbocycles. The van der Waals surface area contributed by atoms with E-state index in [9.17, 15) is 9.90 Å². The lowest BCUT2D eigenvalue weighted by atomic mass is 10.0. The van der Waals surface area contributed by atoms with Gasteiger partial charge >= 0.3 is 0 Å². The van der Waals surface area contributed by atoms with E-state index < -0.39 is 0 Å². The van der Waals surface area contributed by atoms with Gasteiger partial charge in [0.2, 0.25) is 0 Å². The number of nitrogens with zero attached hydrogens (tertiary/aromatic N) is 1. The number of anilines is 1. The molecular formula is C20H24N2O2. The predicted octanol–water partition coefficient (Wildman–Crippen LogP) is 3.14. The van der Waals surface area contributed by atoms with Crippen molar-refractivity contribution in [2.24, 2.45) is 5.92 Å². The summed E-state index contributed by atoms with van der Waals surface area (Å²) in [6.07, 6.45) is 0.782. The highest BCUT2D eigenvalue weighted by Crippen LogP contribution is 2.22. The number of hydrogen-bond donors (Lipinski definition) is 2. The van der Waals surface area contributed by atoms with E-state index >= 15 is 0 Å². The van der Waals surface area contributed by atoms with Crippen LogP contribution >= 0.6 is 0 Å². The van der Waals surface area contributed by atoms with Gasteiger partial charge in [0.05, 0.1) is 6.10 Å². The van der Waals surface area contributed by atoms with E-state index in [4.69, 9.17) is 0 Å². The Morgan fingerprint density at radius 1 is 1.25 bits per heavy atom. The Morgan fingerprint density at radius 2 is 2.04 bits per heavy atom. The second kappa shape index (κ2) is 7.60. The molecule has 1 fully saturated rings. The number of para-hydroxylation sites is 1. The van der Waals surface area contributed by atoms with Crippen LogP contribution in [0.2, 0.25) is 0 Å². The number of hydrogen-bond acceptors (Lipinski definition) is 3. The van der Waals surface area contributed by atoms with Gasteiger partial charge < -0.3 is 10.4 Å². The van der Waals surface area contributed by atoms with Crippen LogP contribution in [0.3, 0.4) is 0 Å². The maximum atomic E-state index is 12.4. The molecule has 0 aromatic heterocycles. The van der Waals surface area contributed by atoms with Gasteiger partial charge in [-0.05, 0) is 55.6 Å². The topological polar surface area (TPSA) is 52.6 Å². The van der Waals surface area contributed by atoms with Crippen molar-refractivity contribution in [3.05, 3.63) is 65.7 Å². The van der Waals surface area contributed by atoms with E-state index in [2.05, 4.69) is 16.3 Å². The van der Waals surface area contributed by atoms with Crippen LogP contribution in [0.25, 0.3) is 0 Å². The number of nitrogens with one attached hydrogen (secondary N) is 1. The second-order valence-electron chi connectivity index (χ2n) is 6.55. The third-order valence-electron chi connectivity index (χ3n) is 4.62. The Hall–Kier alpha value is -2.17. The first-order chi connectivity index (χ1) is 11.6. The fraction of sp³-hybridized carbons (Fsp3) is 0.350. The van der Waals surface area contributed by atoms with Crippen molar-refractivity contribution >= 4 is 11.6 Å². The van der Waals surface area contributed by atoms with E-state index in [1.165, 1.54) is 0 Å². The lowest BCUT2D eigenvalue weighted by molar-refractivity contribution is 0.102. The zero-order valence-corrected chi connectivity index (χ0v) is 14.0. The Bertz CT molecular complexity index is 685. The lowest BCUT2D eigenvalue weighted by Crippen LogP contribution is -2.24. The van der Waals surface area contributed by atoms with Gasteiger partial charge in [-0.2, -0.15) is 0 Å². The van der Waals surface area contributed by atoms with Crippen LogP contribution < -0.4 is 5.32 Å². The summed E-state index contributed by atoms with van der Waals surface area (Å²) in [6, 6.07) is 17.2.